The molecular formula is C25H25ClN2O4. The number of carbonyl (C=O) groups is 2. The Bertz CT molecular complexity index is 1060. The van der Waals surface area contributed by atoms with Gasteiger partial charge < -0.3 is 20.1 Å². The molecule has 0 radical (unpaired) electrons. The first-order chi connectivity index (χ1) is 15.5. The van der Waals surface area contributed by atoms with Gasteiger partial charge in [-0.15, -0.1) is 0 Å². The molecule has 1 fully saturated rings. The summed E-state index contributed by atoms with van der Waals surface area (Å²) in [5.41, 5.74) is 2.24. The Morgan fingerprint density at radius 2 is 1.94 bits per heavy atom. The van der Waals surface area contributed by atoms with Crippen LogP contribution < -0.4 is 15.4 Å². The summed E-state index contributed by atoms with van der Waals surface area (Å²) in [6.07, 6.45) is 5.24. The van der Waals surface area contributed by atoms with Gasteiger partial charge in [0.15, 0.2) is 0 Å². The Kier molecular flexibility index (Phi) is 6.93. The van der Waals surface area contributed by atoms with Crippen LogP contribution in [-0.4, -0.2) is 37.2 Å². The number of para-hydroxylation sites is 1. The van der Waals surface area contributed by atoms with E-state index in [4.69, 9.17) is 21.1 Å². The number of hydrogen-bond acceptors (Lipinski definition) is 4. The van der Waals surface area contributed by atoms with Crippen LogP contribution in [0.15, 0.2) is 65.9 Å². The van der Waals surface area contributed by atoms with Gasteiger partial charge in [-0.25, -0.2) is 0 Å². The fraction of sp³-hybridized carbons (Fsp3) is 0.280. The number of rotatable bonds is 6. The van der Waals surface area contributed by atoms with E-state index in [2.05, 4.69) is 10.6 Å². The molecule has 0 aliphatic carbocycles. The van der Waals surface area contributed by atoms with E-state index in [1.807, 2.05) is 37.3 Å². The van der Waals surface area contributed by atoms with Crippen molar-refractivity contribution in [2.45, 2.75) is 32.0 Å². The normalized spacial score (nSPS) is 20.1. The quantitative estimate of drug-likeness (QED) is 0.646. The van der Waals surface area contributed by atoms with Gasteiger partial charge in [-0.05, 0) is 67.8 Å². The lowest BCUT2D eigenvalue weighted by Crippen LogP contribution is -2.38. The minimum Gasteiger partial charge on any atom is -0.485 e. The molecule has 2 unspecified atom stereocenters. The van der Waals surface area contributed by atoms with E-state index in [1.54, 1.807) is 30.3 Å². The minimum atomic E-state index is -0.398. The number of fused-ring (bicyclic) bond motifs is 1. The second kappa shape index (κ2) is 10.0. The summed E-state index contributed by atoms with van der Waals surface area (Å²) in [6.45, 7) is 3.00. The van der Waals surface area contributed by atoms with Gasteiger partial charge in [-0.2, -0.15) is 0 Å². The fourth-order valence-electron chi connectivity index (χ4n) is 3.65. The Labute approximate surface area is 192 Å². The average molecular weight is 453 g/mol. The van der Waals surface area contributed by atoms with E-state index >= 15 is 0 Å². The van der Waals surface area contributed by atoms with Gasteiger partial charge in [0.1, 0.15) is 17.6 Å². The van der Waals surface area contributed by atoms with Crippen molar-refractivity contribution in [3.8, 4) is 5.75 Å². The minimum absolute atomic E-state index is 0.00445. The molecule has 2 amide bonds. The maximum Gasteiger partial charge on any atom is 0.267 e. The van der Waals surface area contributed by atoms with Crippen LogP contribution in [0.25, 0.3) is 6.08 Å². The van der Waals surface area contributed by atoms with E-state index < -0.39 is 5.91 Å². The summed E-state index contributed by atoms with van der Waals surface area (Å²) in [4.78, 5) is 25.8. The summed E-state index contributed by atoms with van der Waals surface area (Å²) >= 11 is 5.92. The summed E-state index contributed by atoms with van der Waals surface area (Å²) in [6, 6.07) is 14.2. The smallest absolute Gasteiger partial charge is 0.267 e. The highest BCUT2D eigenvalue weighted by molar-refractivity contribution is 6.30. The molecule has 32 heavy (non-hydrogen) atoms. The lowest BCUT2D eigenvalue weighted by Gasteiger charge is -2.23. The van der Waals surface area contributed by atoms with Crippen molar-refractivity contribution >= 4 is 29.5 Å². The zero-order chi connectivity index (χ0) is 22.5. The fourth-order valence-corrected chi connectivity index (χ4v) is 3.78. The molecule has 7 heteroatoms. The van der Waals surface area contributed by atoms with Crippen LogP contribution in [-0.2, 0) is 9.53 Å². The molecule has 2 N–H and O–H groups in total. The first-order valence-corrected chi connectivity index (χ1v) is 11.0. The average Bonchev–Trinajstić information content (AvgIpc) is 3.31. The van der Waals surface area contributed by atoms with Crippen molar-refractivity contribution in [2.75, 3.05) is 13.2 Å². The molecule has 2 atom stereocenters. The molecule has 0 saturated carbocycles. The highest BCUT2D eigenvalue weighted by Gasteiger charge is 2.22. The summed E-state index contributed by atoms with van der Waals surface area (Å²) < 4.78 is 11.6. The number of ether oxygens (including phenoxy) is 2. The molecular weight excluding hydrogens is 428 g/mol. The molecule has 6 nitrogen and oxygen atoms in total. The maximum absolute atomic E-state index is 13.0. The van der Waals surface area contributed by atoms with Crippen molar-refractivity contribution in [2.24, 2.45) is 0 Å². The third-order valence-corrected chi connectivity index (χ3v) is 5.69. The number of nitrogens with one attached hydrogen (secondary N) is 2. The van der Waals surface area contributed by atoms with Crippen LogP contribution in [0.2, 0.25) is 5.02 Å². The molecule has 0 aromatic heterocycles. The van der Waals surface area contributed by atoms with Gasteiger partial charge in [0.25, 0.3) is 11.8 Å². The highest BCUT2D eigenvalue weighted by atomic mass is 35.5. The van der Waals surface area contributed by atoms with Gasteiger partial charge in [0, 0.05) is 29.3 Å². The van der Waals surface area contributed by atoms with E-state index in [9.17, 15) is 9.59 Å². The molecule has 2 aromatic carbocycles. The zero-order valence-electron chi connectivity index (χ0n) is 17.8. The second-order valence-electron chi connectivity index (χ2n) is 7.81. The third kappa shape index (κ3) is 5.39. The SMILES string of the molecule is CC1Oc2ccccc2C=C1/C=C(\NC(=O)c1ccc(Cl)cc1)C(=O)NCC1CCCO1. The van der Waals surface area contributed by atoms with Gasteiger partial charge >= 0.3 is 0 Å². The van der Waals surface area contributed by atoms with Crippen LogP contribution in [0.4, 0.5) is 0 Å². The van der Waals surface area contributed by atoms with Crippen LogP contribution in [0.1, 0.15) is 35.7 Å². The van der Waals surface area contributed by atoms with Gasteiger partial charge in [0.05, 0.1) is 6.10 Å². The van der Waals surface area contributed by atoms with Crippen LogP contribution >= 0.6 is 11.6 Å². The van der Waals surface area contributed by atoms with Crippen molar-refractivity contribution in [1.29, 1.82) is 0 Å². The van der Waals surface area contributed by atoms with Crippen LogP contribution in [0.5, 0.6) is 5.75 Å². The number of amides is 2. The predicted molar refractivity (Wildman–Crippen MR) is 123 cm³/mol. The first-order valence-electron chi connectivity index (χ1n) is 10.7. The molecule has 1 saturated heterocycles. The number of hydrogen-bond donors (Lipinski definition) is 2. The van der Waals surface area contributed by atoms with E-state index in [0.29, 0.717) is 23.7 Å². The van der Waals surface area contributed by atoms with Gasteiger partial charge in [-0.1, -0.05) is 29.8 Å². The van der Waals surface area contributed by atoms with Crippen LogP contribution in [0, 0.1) is 0 Å². The molecule has 166 valence electrons. The first kappa shape index (κ1) is 22.1. The Morgan fingerprint density at radius 3 is 2.69 bits per heavy atom. The number of carbonyl (C=O) groups excluding carboxylic acids is 2. The lowest BCUT2D eigenvalue weighted by atomic mass is 10.0. The topological polar surface area (TPSA) is 76.7 Å². The Balaban J connectivity index is 1.58. The van der Waals surface area contributed by atoms with Crippen molar-refractivity contribution in [3.05, 3.63) is 82.0 Å². The molecule has 2 aliphatic heterocycles. The summed E-state index contributed by atoms with van der Waals surface area (Å²) in [5.74, 6) is 0.00655. The monoisotopic (exact) mass is 452 g/mol. The van der Waals surface area contributed by atoms with Gasteiger partial charge in [-0.3, -0.25) is 9.59 Å². The largest absolute Gasteiger partial charge is 0.485 e. The highest BCUT2D eigenvalue weighted by Crippen LogP contribution is 2.30. The molecule has 4 rings (SSSR count). The molecule has 2 aromatic rings. The molecule has 2 aliphatic rings. The lowest BCUT2D eigenvalue weighted by molar-refractivity contribution is -0.118. The molecule has 2 heterocycles. The number of benzene rings is 2. The summed E-state index contributed by atoms with van der Waals surface area (Å²) in [7, 11) is 0. The van der Waals surface area contributed by atoms with E-state index in [-0.39, 0.29) is 23.8 Å². The summed E-state index contributed by atoms with van der Waals surface area (Å²) in [5, 5.41) is 6.16. The van der Waals surface area contributed by atoms with E-state index in [0.717, 1.165) is 29.7 Å². The van der Waals surface area contributed by atoms with Crippen molar-refractivity contribution < 1.29 is 19.1 Å². The Hall–Kier alpha value is -3.09. The standard InChI is InChI=1S/C25H25ClN2O4/c1-16-19(13-18-5-2-3-7-23(18)32-16)14-22(25(30)27-15-21-6-4-12-31-21)28-24(29)17-8-10-20(26)11-9-17/h2-3,5,7-11,13-14,16,21H,4,6,12,15H2,1H3,(H,27,30)(H,28,29)/b22-14-. The van der Waals surface area contributed by atoms with Crippen molar-refractivity contribution in [1.82, 2.24) is 10.6 Å². The second-order valence-corrected chi connectivity index (χ2v) is 8.24. The number of halogens is 1. The Morgan fingerprint density at radius 1 is 1.16 bits per heavy atom. The molecule has 0 spiro atoms. The van der Waals surface area contributed by atoms with E-state index in [1.165, 1.54) is 0 Å². The van der Waals surface area contributed by atoms with Gasteiger partial charge in [0.2, 0.25) is 0 Å². The van der Waals surface area contributed by atoms with Crippen molar-refractivity contribution in [3.63, 3.8) is 0 Å². The van der Waals surface area contributed by atoms with Crippen LogP contribution in [0.3, 0.4) is 0 Å². The molecule has 0 bridgehead atoms. The third-order valence-electron chi connectivity index (χ3n) is 5.44. The maximum atomic E-state index is 13.0. The zero-order valence-corrected chi connectivity index (χ0v) is 18.5. The predicted octanol–water partition coefficient (Wildman–Crippen LogP) is 4.11.